The predicted octanol–water partition coefficient (Wildman–Crippen LogP) is 4.44. The van der Waals surface area contributed by atoms with Crippen molar-refractivity contribution >= 4 is 17.3 Å². The number of phenols is 1. The number of hydrogen-bond donors (Lipinski definition) is 2. The predicted molar refractivity (Wildman–Crippen MR) is 102 cm³/mol. The number of hydrogen-bond acceptors (Lipinski definition) is 3. The second-order valence-electron chi connectivity index (χ2n) is 6.66. The molecule has 0 amide bonds. The van der Waals surface area contributed by atoms with Crippen molar-refractivity contribution in [2.45, 2.75) is 18.8 Å². The van der Waals surface area contributed by atoms with E-state index in [1.54, 1.807) is 0 Å². The Hall–Kier alpha value is -1.78. The van der Waals surface area contributed by atoms with Crippen LogP contribution in [-0.4, -0.2) is 43.4 Å². The summed E-state index contributed by atoms with van der Waals surface area (Å²) in [5.41, 5.74) is 4.50. The van der Waals surface area contributed by atoms with Gasteiger partial charge in [-0.1, -0.05) is 23.7 Å². The van der Waals surface area contributed by atoms with Crippen LogP contribution in [0.15, 0.2) is 36.4 Å². The number of anilines is 1. The van der Waals surface area contributed by atoms with Gasteiger partial charge in [-0.2, -0.15) is 0 Å². The van der Waals surface area contributed by atoms with Crippen LogP contribution in [0, 0.1) is 0 Å². The van der Waals surface area contributed by atoms with Crippen LogP contribution in [0.2, 0.25) is 5.02 Å². The molecule has 0 bridgehead atoms. The molecule has 3 rings (SSSR count). The van der Waals surface area contributed by atoms with Crippen molar-refractivity contribution < 1.29 is 9.50 Å². The summed E-state index contributed by atoms with van der Waals surface area (Å²) in [4.78, 5) is 2.30. The van der Waals surface area contributed by atoms with E-state index in [0.717, 1.165) is 30.8 Å². The molecule has 0 radical (unpaired) electrons. The quantitative estimate of drug-likeness (QED) is 0.772. The summed E-state index contributed by atoms with van der Waals surface area (Å²) < 4.78 is 12.3. The molecule has 1 heterocycles. The highest BCUT2D eigenvalue weighted by atomic mass is 35.5. The van der Waals surface area contributed by atoms with Crippen molar-refractivity contribution in [2.75, 3.05) is 38.7 Å². The molecule has 134 valence electrons. The minimum absolute atomic E-state index is 0.132. The molecule has 1 atom stereocenters. The Morgan fingerprint density at radius 3 is 2.96 bits per heavy atom. The second kappa shape index (κ2) is 8.07. The van der Waals surface area contributed by atoms with Crippen molar-refractivity contribution in [3.8, 4) is 5.75 Å². The second-order valence-corrected chi connectivity index (χ2v) is 7.07. The maximum Gasteiger partial charge on any atom is 0.134 e. The Morgan fingerprint density at radius 2 is 2.16 bits per heavy atom. The van der Waals surface area contributed by atoms with Gasteiger partial charge in [0.25, 0.3) is 0 Å². The molecule has 0 fully saturated rings. The minimum atomic E-state index is -0.312. The molecule has 0 saturated carbocycles. The molecule has 3 nitrogen and oxygen atoms in total. The van der Waals surface area contributed by atoms with E-state index < -0.39 is 0 Å². The lowest BCUT2D eigenvalue weighted by atomic mass is 9.87. The van der Waals surface area contributed by atoms with Crippen molar-refractivity contribution in [1.82, 2.24) is 4.90 Å². The summed E-state index contributed by atoms with van der Waals surface area (Å²) in [7, 11) is 2.11. The van der Waals surface area contributed by atoms with Gasteiger partial charge in [-0.15, -0.1) is 0 Å². The molecule has 1 aliphatic rings. The fraction of sp³-hybridized carbons (Fsp3) is 0.400. The highest BCUT2D eigenvalue weighted by Crippen LogP contribution is 2.37. The Kier molecular flexibility index (Phi) is 5.82. The number of likely N-dealkylation sites (N-methyl/N-ethyl adjacent to an activating group) is 1. The normalized spacial score (nSPS) is 17.8. The van der Waals surface area contributed by atoms with Gasteiger partial charge < -0.3 is 15.3 Å². The fourth-order valence-electron chi connectivity index (χ4n) is 3.42. The average Bonchev–Trinajstić information content (AvgIpc) is 2.76. The van der Waals surface area contributed by atoms with Crippen LogP contribution in [-0.2, 0) is 6.42 Å². The first kappa shape index (κ1) is 18.0. The third kappa shape index (κ3) is 4.25. The molecule has 2 aromatic rings. The maximum atomic E-state index is 12.3. The van der Waals surface area contributed by atoms with Crippen LogP contribution in [0.5, 0.6) is 5.75 Å². The first-order valence-electron chi connectivity index (χ1n) is 8.68. The number of alkyl halides is 1. The summed E-state index contributed by atoms with van der Waals surface area (Å²) in [5.74, 6) is 0.292. The molecule has 2 aromatic carbocycles. The van der Waals surface area contributed by atoms with Crippen LogP contribution in [0.25, 0.3) is 0 Å². The van der Waals surface area contributed by atoms with Crippen molar-refractivity contribution in [1.29, 1.82) is 0 Å². The molecule has 0 spiro atoms. The summed E-state index contributed by atoms with van der Waals surface area (Å²) in [6, 6.07) is 12.0. The molecule has 5 heteroatoms. The number of rotatable bonds is 5. The standard InChI is InChI=1S/C20H24ClFN2O/c1-24-9-6-15-11-19(21)20(25)12-17(15)18(13-24)14-4-2-5-16(10-14)23-8-3-7-22/h2,4-5,10-12,18,23,25H,3,6-9,13H2,1H3. The van der Waals surface area contributed by atoms with Gasteiger partial charge in [-0.25, -0.2) is 0 Å². The topological polar surface area (TPSA) is 35.5 Å². The zero-order chi connectivity index (χ0) is 17.8. The average molecular weight is 363 g/mol. The van der Waals surface area contributed by atoms with Gasteiger partial charge >= 0.3 is 0 Å². The van der Waals surface area contributed by atoms with Crippen LogP contribution >= 0.6 is 11.6 Å². The van der Waals surface area contributed by atoms with E-state index in [9.17, 15) is 9.50 Å². The van der Waals surface area contributed by atoms with E-state index in [1.807, 2.05) is 24.3 Å². The van der Waals surface area contributed by atoms with Crippen molar-refractivity contribution in [3.63, 3.8) is 0 Å². The van der Waals surface area contributed by atoms with E-state index in [4.69, 9.17) is 11.6 Å². The van der Waals surface area contributed by atoms with Crippen LogP contribution in [0.1, 0.15) is 29.0 Å². The Balaban J connectivity index is 1.95. The number of nitrogens with zero attached hydrogens (tertiary/aromatic N) is 1. The SMILES string of the molecule is CN1CCc2cc(Cl)c(O)cc2C(c2cccc(NCCCF)c2)C1. The summed E-state index contributed by atoms with van der Waals surface area (Å²) >= 11 is 6.12. The number of nitrogens with one attached hydrogen (secondary N) is 1. The van der Waals surface area contributed by atoms with E-state index >= 15 is 0 Å². The number of phenolic OH excluding ortho intramolecular Hbond substituents is 1. The zero-order valence-electron chi connectivity index (χ0n) is 14.4. The third-order valence-corrected chi connectivity index (χ3v) is 5.07. The zero-order valence-corrected chi connectivity index (χ0v) is 15.2. The van der Waals surface area contributed by atoms with Crippen molar-refractivity contribution in [2.24, 2.45) is 0 Å². The lowest BCUT2D eigenvalue weighted by Gasteiger charge is -2.23. The van der Waals surface area contributed by atoms with Gasteiger partial charge in [0.2, 0.25) is 0 Å². The fourth-order valence-corrected chi connectivity index (χ4v) is 3.61. The first-order valence-corrected chi connectivity index (χ1v) is 9.06. The number of halogens is 2. The van der Waals surface area contributed by atoms with Crippen LogP contribution < -0.4 is 5.32 Å². The van der Waals surface area contributed by atoms with E-state index in [-0.39, 0.29) is 18.3 Å². The van der Waals surface area contributed by atoms with Crippen molar-refractivity contribution in [3.05, 3.63) is 58.1 Å². The Labute approximate surface area is 153 Å². The van der Waals surface area contributed by atoms with Crippen LogP contribution in [0.3, 0.4) is 0 Å². The van der Waals surface area contributed by atoms with E-state index in [0.29, 0.717) is 18.0 Å². The van der Waals surface area contributed by atoms with Gasteiger partial charge in [0.05, 0.1) is 11.7 Å². The van der Waals surface area contributed by atoms with Gasteiger partial charge in [0.15, 0.2) is 0 Å². The highest BCUT2D eigenvalue weighted by molar-refractivity contribution is 6.32. The molecule has 0 aromatic heterocycles. The van der Waals surface area contributed by atoms with E-state index in [1.165, 1.54) is 11.1 Å². The largest absolute Gasteiger partial charge is 0.506 e. The third-order valence-electron chi connectivity index (χ3n) is 4.77. The first-order chi connectivity index (χ1) is 12.1. The highest BCUT2D eigenvalue weighted by Gasteiger charge is 2.24. The lowest BCUT2D eigenvalue weighted by molar-refractivity contribution is 0.338. The molecule has 1 aliphatic heterocycles. The summed E-state index contributed by atoms with van der Waals surface area (Å²) in [6.07, 6.45) is 1.42. The molecule has 25 heavy (non-hydrogen) atoms. The number of benzene rings is 2. The van der Waals surface area contributed by atoms with Gasteiger partial charge in [-0.3, -0.25) is 4.39 Å². The molecule has 1 unspecified atom stereocenters. The minimum Gasteiger partial charge on any atom is -0.506 e. The Bertz CT molecular complexity index is 738. The van der Waals surface area contributed by atoms with Gasteiger partial charge in [0.1, 0.15) is 5.75 Å². The molecule has 0 saturated heterocycles. The maximum absolute atomic E-state index is 12.3. The summed E-state index contributed by atoms with van der Waals surface area (Å²) in [5, 5.41) is 13.8. The smallest absolute Gasteiger partial charge is 0.134 e. The summed E-state index contributed by atoms with van der Waals surface area (Å²) in [6.45, 7) is 2.14. The van der Waals surface area contributed by atoms with E-state index in [2.05, 4.69) is 29.4 Å². The molecular weight excluding hydrogens is 339 g/mol. The Morgan fingerprint density at radius 1 is 1.32 bits per heavy atom. The lowest BCUT2D eigenvalue weighted by Crippen LogP contribution is -2.24. The van der Waals surface area contributed by atoms with Gasteiger partial charge in [0, 0.05) is 31.2 Å². The number of fused-ring (bicyclic) bond motifs is 1. The molecular formula is C20H24ClFN2O. The van der Waals surface area contributed by atoms with Crippen LogP contribution in [0.4, 0.5) is 10.1 Å². The monoisotopic (exact) mass is 362 g/mol. The number of aromatic hydroxyl groups is 1. The molecule has 2 N–H and O–H groups in total. The van der Waals surface area contributed by atoms with Gasteiger partial charge in [-0.05, 0) is 60.8 Å². The molecule has 0 aliphatic carbocycles.